The van der Waals surface area contributed by atoms with Gasteiger partial charge in [-0.05, 0) is 52.4 Å². The van der Waals surface area contributed by atoms with Gasteiger partial charge >= 0.3 is 6.09 Å². The molecule has 1 rings (SSSR count). The van der Waals surface area contributed by atoms with Gasteiger partial charge in [-0.25, -0.2) is 4.79 Å². The van der Waals surface area contributed by atoms with E-state index in [2.05, 4.69) is 12.2 Å². The number of amides is 1. The number of carbonyl (C=O) groups is 1. The smallest absolute Gasteiger partial charge is 0.407 e. The van der Waals surface area contributed by atoms with E-state index in [-0.39, 0.29) is 6.09 Å². The first-order valence-electron chi connectivity index (χ1n) is 5.67. The largest absolute Gasteiger partial charge is 0.444 e. The average molecular weight is 212 g/mol. The van der Waals surface area contributed by atoms with Crippen LogP contribution in [0.5, 0.6) is 0 Å². The molecule has 1 amide bonds. The zero-order chi connectivity index (χ0) is 11.5. The maximum atomic E-state index is 11.5. The molecule has 3 nitrogen and oxygen atoms in total. The van der Waals surface area contributed by atoms with E-state index >= 15 is 0 Å². The number of hydrogen-bond donors (Lipinski definition) is 1. The second-order valence-corrected chi connectivity index (χ2v) is 5.38. The summed E-state index contributed by atoms with van der Waals surface area (Å²) in [6.07, 6.45) is 4.06. The van der Waals surface area contributed by atoms with Crippen molar-refractivity contribution in [3.8, 4) is 0 Å². The molecule has 0 saturated heterocycles. The number of hydrogen-bond acceptors (Lipinski definition) is 2. The zero-order valence-electron chi connectivity index (χ0n) is 10.2. The van der Waals surface area contributed by atoms with Crippen LogP contribution < -0.4 is 5.32 Å². The molecular weight excluding hydrogens is 190 g/mol. The van der Waals surface area contributed by atoms with Crippen molar-refractivity contribution in [1.29, 1.82) is 0 Å². The number of alkyl carbamates (subject to hydrolysis) is 1. The van der Waals surface area contributed by atoms with Crippen molar-refractivity contribution >= 4 is 6.09 Å². The molecule has 3 heteroatoms. The van der Waals surface area contributed by atoms with Crippen LogP contribution in [0.4, 0.5) is 4.79 Å². The Morgan fingerprint density at radius 1 is 1.33 bits per heavy atom. The lowest BCUT2D eigenvalue weighted by atomic mass is 9.87. The molecule has 0 heterocycles. The van der Waals surface area contributed by atoms with E-state index in [1.807, 2.05) is 20.8 Å². The van der Waals surface area contributed by atoms with E-state index in [1.165, 1.54) is 5.92 Å². The van der Waals surface area contributed by atoms with Crippen LogP contribution in [-0.4, -0.2) is 17.7 Å². The standard InChI is InChI=1S/C12H22NO2/c1-9-5-7-10(8-6-9)13-11(14)15-12(2,3)4/h10H,5-8H2,1-4H3,(H,13,14). The fourth-order valence-corrected chi connectivity index (χ4v) is 1.73. The molecule has 0 aromatic carbocycles. The highest BCUT2D eigenvalue weighted by Gasteiger charge is 2.22. The summed E-state index contributed by atoms with van der Waals surface area (Å²) in [4.78, 5) is 11.5. The number of carbonyl (C=O) groups excluding carboxylic acids is 1. The average Bonchev–Trinajstić information content (AvgIpc) is 2.05. The summed E-state index contributed by atoms with van der Waals surface area (Å²) in [5.41, 5.74) is -0.402. The molecule has 1 radical (unpaired) electrons. The van der Waals surface area contributed by atoms with Crippen LogP contribution in [0.15, 0.2) is 0 Å². The van der Waals surface area contributed by atoms with E-state index in [0.29, 0.717) is 6.04 Å². The minimum atomic E-state index is -0.402. The van der Waals surface area contributed by atoms with Crippen molar-refractivity contribution in [3.05, 3.63) is 5.92 Å². The minimum absolute atomic E-state index is 0.285. The molecule has 15 heavy (non-hydrogen) atoms. The molecule has 1 aliphatic rings. The highest BCUT2D eigenvalue weighted by atomic mass is 16.6. The molecule has 0 aromatic rings. The lowest BCUT2D eigenvalue weighted by Gasteiger charge is -2.28. The second kappa shape index (κ2) is 4.86. The first-order valence-corrected chi connectivity index (χ1v) is 5.67. The number of nitrogens with one attached hydrogen (secondary N) is 1. The van der Waals surface area contributed by atoms with E-state index in [4.69, 9.17) is 4.74 Å². The molecule has 1 fully saturated rings. The third-order valence-electron chi connectivity index (χ3n) is 2.56. The zero-order valence-corrected chi connectivity index (χ0v) is 10.2. The third-order valence-corrected chi connectivity index (χ3v) is 2.56. The van der Waals surface area contributed by atoms with Gasteiger partial charge in [0, 0.05) is 6.04 Å². The van der Waals surface area contributed by atoms with E-state index < -0.39 is 5.60 Å². The maximum absolute atomic E-state index is 11.5. The van der Waals surface area contributed by atoms with E-state index in [0.717, 1.165) is 25.7 Å². The molecule has 0 atom stereocenters. The van der Waals surface area contributed by atoms with Gasteiger partial charge in [0.25, 0.3) is 0 Å². The molecule has 0 spiro atoms. The Labute approximate surface area is 92.6 Å². The Hall–Kier alpha value is -0.730. The lowest BCUT2D eigenvalue weighted by Crippen LogP contribution is -2.40. The van der Waals surface area contributed by atoms with Gasteiger partial charge in [0.2, 0.25) is 0 Å². The molecule has 0 unspecified atom stereocenters. The van der Waals surface area contributed by atoms with Crippen LogP contribution in [0.3, 0.4) is 0 Å². The topological polar surface area (TPSA) is 38.3 Å². The quantitative estimate of drug-likeness (QED) is 0.725. The molecule has 0 bridgehead atoms. The lowest BCUT2D eigenvalue weighted by molar-refractivity contribution is 0.0495. The van der Waals surface area contributed by atoms with E-state index in [9.17, 15) is 4.79 Å². The number of rotatable bonds is 1. The highest BCUT2D eigenvalue weighted by molar-refractivity contribution is 5.68. The first-order chi connectivity index (χ1) is 6.87. The first kappa shape index (κ1) is 12.3. The SMILES string of the molecule is C[C]1CCC(NC(=O)OC(C)(C)C)CC1. The Morgan fingerprint density at radius 2 is 1.87 bits per heavy atom. The molecule has 1 N–H and O–H groups in total. The van der Waals surface area contributed by atoms with Crippen molar-refractivity contribution in [3.63, 3.8) is 0 Å². The summed E-state index contributed by atoms with van der Waals surface area (Å²) in [6.45, 7) is 7.83. The van der Waals surface area contributed by atoms with Gasteiger partial charge in [-0.15, -0.1) is 0 Å². The summed E-state index contributed by atoms with van der Waals surface area (Å²) in [6, 6.07) is 0.295. The van der Waals surface area contributed by atoms with Gasteiger partial charge in [-0.3, -0.25) is 0 Å². The summed E-state index contributed by atoms with van der Waals surface area (Å²) in [5, 5.41) is 2.92. The summed E-state index contributed by atoms with van der Waals surface area (Å²) >= 11 is 0. The predicted octanol–water partition coefficient (Wildman–Crippen LogP) is 3.05. The van der Waals surface area contributed by atoms with Crippen molar-refractivity contribution in [2.24, 2.45) is 0 Å². The number of ether oxygens (including phenoxy) is 1. The van der Waals surface area contributed by atoms with Crippen molar-refractivity contribution in [1.82, 2.24) is 5.32 Å². The Balaban J connectivity index is 2.27. The molecule has 1 aliphatic carbocycles. The Bertz CT molecular complexity index is 212. The van der Waals surface area contributed by atoms with Gasteiger partial charge < -0.3 is 10.1 Å². The fourth-order valence-electron chi connectivity index (χ4n) is 1.73. The molecular formula is C12H22NO2. The van der Waals surface area contributed by atoms with Crippen LogP contribution in [0.2, 0.25) is 0 Å². The van der Waals surface area contributed by atoms with Crippen LogP contribution >= 0.6 is 0 Å². The molecule has 1 saturated carbocycles. The van der Waals surface area contributed by atoms with Crippen molar-refractivity contribution < 1.29 is 9.53 Å². The molecule has 87 valence electrons. The second-order valence-electron chi connectivity index (χ2n) is 5.38. The van der Waals surface area contributed by atoms with Crippen LogP contribution in [-0.2, 0) is 4.74 Å². The van der Waals surface area contributed by atoms with Crippen molar-refractivity contribution in [2.45, 2.75) is 65.0 Å². The summed E-state index contributed by atoms with van der Waals surface area (Å²) in [5.74, 6) is 1.54. The third kappa shape index (κ3) is 5.05. The normalized spacial score (nSPS) is 20.0. The maximum Gasteiger partial charge on any atom is 0.407 e. The highest BCUT2D eigenvalue weighted by Crippen LogP contribution is 2.25. The Morgan fingerprint density at radius 3 is 2.33 bits per heavy atom. The monoisotopic (exact) mass is 212 g/mol. The van der Waals surface area contributed by atoms with Crippen LogP contribution in [0, 0.1) is 5.92 Å². The van der Waals surface area contributed by atoms with Crippen molar-refractivity contribution in [2.75, 3.05) is 0 Å². The molecule has 0 aromatic heterocycles. The van der Waals surface area contributed by atoms with Gasteiger partial charge in [0.1, 0.15) is 5.60 Å². The van der Waals surface area contributed by atoms with Gasteiger partial charge in [0.05, 0.1) is 0 Å². The Kier molecular flexibility index (Phi) is 4.00. The van der Waals surface area contributed by atoms with Crippen LogP contribution in [0.25, 0.3) is 0 Å². The van der Waals surface area contributed by atoms with Gasteiger partial charge in [0.15, 0.2) is 0 Å². The summed E-state index contributed by atoms with van der Waals surface area (Å²) in [7, 11) is 0. The minimum Gasteiger partial charge on any atom is -0.444 e. The van der Waals surface area contributed by atoms with Crippen LogP contribution in [0.1, 0.15) is 53.4 Å². The van der Waals surface area contributed by atoms with Gasteiger partial charge in [-0.2, -0.15) is 0 Å². The molecule has 0 aliphatic heterocycles. The fraction of sp³-hybridized carbons (Fsp3) is 0.833. The van der Waals surface area contributed by atoms with E-state index in [1.54, 1.807) is 0 Å². The summed E-state index contributed by atoms with van der Waals surface area (Å²) < 4.78 is 5.21. The van der Waals surface area contributed by atoms with Gasteiger partial charge in [-0.1, -0.05) is 6.92 Å². The predicted molar refractivity (Wildman–Crippen MR) is 60.5 cm³/mol.